The average Bonchev–Trinajstić information content (AvgIpc) is 2.59. The molecule has 17 heavy (non-hydrogen) atoms. The van der Waals surface area contributed by atoms with Gasteiger partial charge in [-0.25, -0.2) is 9.37 Å². The van der Waals surface area contributed by atoms with Gasteiger partial charge in [0.25, 0.3) is 0 Å². The van der Waals surface area contributed by atoms with Crippen LogP contribution in [0.1, 0.15) is 11.9 Å². The first kappa shape index (κ1) is 11.7. The van der Waals surface area contributed by atoms with Crippen LogP contribution in [-0.2, 0) is 4.79 Å². The number of aryl methyl sites for hydroxylation is 1. The van der Waals surface area contributed by atoms with Crippen LogP contribution in [-0.4, -0.2) is 11.0 Å². The molecule has 0 saturated heterocycles. The lowest BCUT2D eigenvalue weighted by molar-refractivity contribution is -0.132. The maximum absolute atomic E-state index is 12.8. The fourth-order valence-corrected chi connectivity index (χ4v) is 2.25. The lowest BCUT2D eigenvalue weighted by atomic mass is 10.2. The van der Waals surface area contributed by atoms with Crippen LogP contribution in [0.5, 0.6) is 5.88 Å². The first-order valence-electron chi connectivity index (χ1n) is 4.98. The van der Waals surface area contributed by atoms with Gasteiger partial charge >= 0.3 is 5.97 Å². The number of hydrogen-bond donors (Lipinski definition) is 0. The number of thiazole rings is 1. The zero-order valence-corrected chi connectivity index (χ0v) is 10.2. The molecule has 0 aliphatic rings. The van der Waals surface area contributed by atoms with E-state index >= 15 is 0 Å². The summed E-state index contributed by atoms with van der Waals surface area (Å²) < 4.78 is 17.8. The van der Waals surface area contributed by atoms with Gasteiger partial charge in [0.1, 0.15) is 5.82 Å². The third-order valence-electron chi connectivity index (χ3n) is 2.05. The Morgan fingerprint density at radius 3 is 2.59 bits per heavy atom. The molecule has 0 bridgehead atoms. The molecule has 0 spiro atoms. The van der Waals surface area contributed by atoms with Gasteiger partial charge in [-0.2, -0.15) is 0 Å². The molecule has 0 unspecified atom stereocenters. The summed E-state index contributed by atoms with van der Waals surface area (Å²) in [6, 6.07) is 5.99. The fourth-order valence-electron chi connectivity index (χ4n) is 1.40. The molecular weight excluding hydrogens is 241 g/mol. The van der Waals surface area contributed by atoms with Crippen molar-refractivity contribution in [2.24, 2.45) is 0 Å². The van der Waals surface area contributed by atoms with Crippen LogP contribution >= 0.6 is 11.3 Å². The minimum Gasteiger partial charge on any atom is -0.406 e. The molecule has 0 fully saturated rings. The van der Waals surface area contributed by atoms with Gasteiger partial charge < -0.3 is 4.74 Å². The highest BCUT2D eigenvalue weighted by molar-refractivity contribution is 7.15. The average molecular weight is 251 g/mol. The quantitative estimate of drug-likeness (QED) is 0.769. The Morgan fingerprint density at radius 2 is 2.00 bits per heavy atom. The molecule has 0 amide bonds. The van der Waals surface area contributed by atoms with Crippen LogP contribution in [0.2, 0.25) is 0 Å². The number of ether oxygens (including phenoxy) is 1. The van der Waals surface area contributed by atoms with Crippen LogP contribution in [0.3, 0.4) is 0 Å². The van der Waals surface area contributed by atoms with Gasteiger partial charge in [-0.15, -0.1) is 11.3 Å². The van der Waals surface area contributed by atoms with E-state index in [9.17, 15) is 9.18 Å². The number of carbonyl (C=O) groups excluding carboxylic acids is 1. The zero-order chi connectivity index (χ0) is 12.4. The Labute approximate surface area is 102 Å². The molecule has 1 aromatic heterocycles. The standard InChI is InChI=1S/C12H10FNO2S/c1-7-14-12(16-8(2)15)11(17-7)9-3-5-10(13)6-4-9/h3-6H,1-2H3. The SMILES string of the molecule is CC(=O)Oc1nc(C)sc1-c1ccc(F)cc1. The minimum atomic E-state index is -0.418. The van der Waals surface area contributed by atoms with Gasteiger partial charge in [0.05, 0.1) is 9.88 Å². The molecule has 88 valence electrons. The van der Waals surface area contributed by atoms with Gasteiger partial charge in [-0.1, -0.05) is 12.1 Å². The number of hydrogen-bond acceptors (Lipinski definition) is 4. The van der Waals surface area contributed by atoms with Crippen molar-refractivity contribution in [3.8, 4) is 16.3 Å². The first-order chi connectivity index (χ1) is 8.06. The topological polar surface area (TPSA) is 39.2 Å². The number of aromatic nitrogens is 1. The van der Waals surface area contributed by atoms with E-state index in [-0.39, 0.29) is 11.7 Å². The van der Waals surface area contributed by atoms with E-state index in [2.05, 4.69) is 4.98 Å². The van der Waals surface area contributed by atoms with Crippen LogP contribution in [0.4, 0.5) is 4.39 Å². The summed E-state index contributed by atoms with van der Waals surface area (Å²) in [5.41, 5.74) is 0.785. The molecule has 0 saturated carbocycles. The van der Waals surface area contributed by atoms with E-state index in [4.69, 9.17) is 4.74 Å². The predicted octanol–water partition coefficient (Wildman–Crippen LogP) is 3.18. The third-order valence-corrected chi connectivity index (χ3v) is 3.05. The van der Waals surface area contributed by atoms with Crippen LogP contribution in [0.15, 0.2) is 24.3 Å². The highest BCUT2D eigenvalue weighted by atomic mass is 32.1. The monoisotopic (exact) mass is 251 g/mol. The lowest BCUT2D eigenvalue weighted by Gasteiger charge is -2.01. The van der Waals surface area contributed by atoms with Crippen LogP contribution in [0.25, 0.3) is 10.4 Å². The van der Waals surface area contributed by atoms with Gasteiger partial charge in [0.2, 0.25) is 5.88 Å². The predicted molar refractivity (Wildman–Crippen MR) is 63.6 cm³/mol. The second-order valence-corrected chi connectivity index (χ2v) is 4.67. The maximum atomic E-state index is 12.8. The van der Waals surface area contributed by atoms with Crippen molar-refractivity contribution in [2.75, 3.05) is 0 Å². The van der Waals surface area contributed by atoms with Crippen molar-refractivity contribution in [3.63, 3.8) is 0 Å². The minimum absolute atomic E-state index is 0.284. The number of halogens is 1. The number of rotatable bonds is 2. The van der Waals surface area contributed by atoms with Gasteiger partial charge in [-0.05, 0) is 24.6 Å². The molecule has 2 aromatic rings. The normalized spacial score (nSPS) is 10.3. The smallest absolute Gasteiger partial charge is 0.309 e. The van der Waals surface area contributed by atoms with E-state index in [0.717, 1.165) is 15.4 Å². The zero-order valence-electron chi connectivity index (χ0n) is 9.36. The van der Waals surface area contributed by atoms with Gasteiger partial charge in [0, 0.05) is 6.92 Å². The molecule has 0 atom stereocenters. The highest BCUT2D eigenvalue weighted by Crippen LogP contribution is 2.35. The molecule has 2 rings (SSSR count). The summed E-state index contributed by atoms with van der Waals surface area (Å²) in [6.07, 6.45) is 0. The van der Waals surface area contributed by atoms with Crippen LogP contribution < -0.4 is 4.74 Å². The summed E-state index contributed by atoms with van der Waals surface area (Å²) in [5.74, 6) is -0.436. The Morgan fingerprint density at radius 1 is 1.35 bits per heavy atom. The maximum Gasteiger partial charge on any atom is 0.309 e. The first-order valence-corrected chi connectivity index (χ1v) is 5.79. The van der Waals surface area contributed by atoms with Gasteiger partial charge in [-0.3, -0.25) is 4.79 Å². The Balaban J connectivity index is 2.43. The number of benzene rings is 1. The van der Waals surface area contributed by atoms with E-state index < -0.39 is 5.97 Å². The fraction of sp³-hybridized carbons (Fsp3) is 0.167. The largest absolute Gasteiger partial charge is 0.406 e. The summed E-state index contributed by atoms with van der Waals surface area (Å²) in [5, 5.41) is 0.792. The van der Waals surface area contributed by atoms with Crippen molar-refractivity contribution in [2.45, 2.75) is 13.8 Å². The molecule has 0 radical (unpaired) electrons. The Bertz CT molecular complexity index is 548. The number of carbonyl (C=O) groups is 1. The molecular formula is C12H10FNO2S. The Hall–Kier alpha value is -1.75. The van der Waals surface area contributed by atoms with E-state index in [0.29, 0.717) is 0 Å². The summed E-state index contributed by atoms with van der Waals surface area (Å²) in [4.78, 5) is 15.8. The van der Waals surface area contributed by atoms with Crippen molar-refractivity contribution in [1.29, 1.82) is 0 Å². The van der Waals surface area contributed by atoms with Crippen molar-refractivity contribution >= 4 is 17.3 Å². The van der Waals surface area contributed by atoms with Gasteiger partial charge in [0.15, 0.2) is 0 Å². The second-order valence-electron chi connectivity index (χ2n) is 3.47. The van der Waals surface area contributed by atoms with E-state index in [1.54, 1.807) is 12.1 Å². The molecule has 0 aliphatic carbocycles. The van der Waals surface area contributed by atoms with Crippen LogP contribution in [0, 0.1) is 12.7 Å². The summed E-state index contributed by atoms with van der Waals surface area (Å²) in [7, 11) is 0. The number of esters is 1. The summed E-state index contributed by atoms with van der Waals surface area (Å²) >= 11 is 1.40. The molecule has 0 N–H and O–H groups in total. The van der Waals surface area contributed by atoms with Crippen molar-refractivity contribution < 1.29 is 13.9 Å². The van der Waals surface area contributed by atoms with E-state index in [1.807, 2.05) is 6.92 Å². The van der Waals surface area contributed by atoms with E-state index in [1.165, 1.54) is 30.4 Å². The molecule has 1 aromatic carbocycles. The summed E-state index contributed by atoms with van der Waals surface area (Å²) in [6.45, 7) is 3.15. The highest BCUT2D eigenvalue weighted by Gasteiger charge is 2.14. The second kappa shape index (κ2) is 4.63. The number of nitrogens with zero attached hydrogens (tertiary/aromatic N) is 1. The molecule has 1 heterocycles. The lowest BCUT2D eigenvalue weighted by Crippen LogP contribution is -2.02. The molecule has 3 nitrogen and oxygen atoms in total. The van der Waals surface area contributed by atoms with Crippen molar-refractivity contribution in [3.05, 3.63) is 35.1 Å². The third kappa shape index (κ3) is 2.68. The molecule has 0 aliphatic heterocycles. The molecule has 5 heteroatoms. The Kier molecular flexibility index (Phi) is 3.19. The van der Waals surface area contributed by atoms with Crippen molar-refractivity contribution in [1.82, 2.24) is 4.98 Å².